The molecule has 0 aromatic heterocycles. The summed E-state index contributed by atoms with van der Waals surface area (Å²) in [6.45, 7) is 9.42. The van der Waals surface area contributed by atoms with Crippen LogP contribution in [0.4, 0.5) is 26.3 Å². The highest BCUT2D eigenvalue weighted by molar-refractivity contribution is 7.75. The number of alkyl halides is 6. The van der Waals surface area contributed by atoms with Crippen LogP contribution in [0.3, 0.4) is 0 Å². The Balaban J connectivity index is 0. The lowest BCUT2D eigenvalue weighted by Crippen LogP contribution is -2.51. The molecule has 0 spiro atoms. The van der Waals surface area contributed by atoms with E-state index < -0.39 is 25.7 Å². The van der Waals surface area contributed by atoms with E-state index in [2.05, 4.69) is 27.7 Å². The van der Waals surface area contributed by atoms with Crippen LogP contribution >= 0.6 is 7.26 Å². The Labute approximate surface area is 161 Å². The molecule has 0 atom stereocenters. The fourth-order valence-corrected chi connectivity index (χ4v) is 8.12. The lowest BCUT2D eigenvalue weighted by atomic mass is 10.3. The van der Waals surface area contributed by atoms with Gasteiger partial charge in [-0.25, -0.2) is 0 Å². The zero-order chi connectivity index (χ0) is 21.6. The summed E-state index contributed by atoms with van der Waals surface area (Å²) in [5.41, 5.74) is 0. The maximum Gasteiger partial charge on any atom is 0.385 e. The molecule has 0 aliphatic rings. The van der Waals surface area contributed by atoms with Crippen LogP contribution in [0.25, 0.3) is 0 Å². The van der Waals surface area contributed by atoms with Crippen LogP contribution in [0.1, 0.15) is 79.1 Å². The van der Waals surface area contributed by atoms with Crippen LogP contribution in [0.15, 0.2) is 0 Å². The summed E-state index contributed by atoms with van der Waals surface area (Å²) in [4.78, 5) is 0. The van der Waals surface area contributed by atoms with E-state index >= 15 is 0 Å². The molecule has 0 aliphatic heterocycles. The van der Waals surface area contributed by atoms with E-state index in [9.17, 15) is 31.4 Å². The van der Waals surface area contributed by atoms with Crippen molar-refractivity contribution in [1.82, 2.24) is 0 Å². The minimum Gasteiger partial charge on any atom is -0.839 e. The molecule has 0 radical (unpaired) electrons. The summed E-state index contributed by atoms with van der Waals surface area (Å²) in [5, 5.41) is 9.32. The van der Waals surface area contributed by atoms with Gasteiger partial charge in [0, 0.05) is 7.26 Å². The smallest absolute Gasteiger partial charge is 0.385 e. The predicted octanol–water partition coefficient (Wildman–Crippen LogP) is 7.04. The van der Waals surface area contributed by atoms with Gasteiger partial charge in [0.2, 0.25) is 0 Å². The maximum atomic E-state index is 10.9. The van der Waals surface area contributed by atoms with E-state index in [0.29, 0.717) is 0 Å². The van der Waals surface area contributed by atoms with E-state index in [4.69, 9.17) is 0 Å². The van der Waals surface area contributed by atoms with Crippen LogP contribution in [0, 0.1) is 0 Å². The molecule has 0 amide bonds. The van der Waals surface area contributed by atoms with Crippen LogP contribution in [0.2, 0.25) is 0 Å². The fourth-order valence-electron chi connectivity index (χ4n) is 2.83. The molecule has 0 aliphatic carbocycles. The largest absolute Gasteiger partial charge is 0.839 e. The highest BCUT2D eigenvalue weighted by atomic mass is 31.2. The lowest BCUT2D eigenvalue weighted by molar-refractivity contribution is -0.533. The second-order valence-corrected chi connectivity index (χ2v) is 11.6. The van der Waals surface area contributed by atoms with Crippen molar-refractivity contribution < 1.29 is 31.4 Å². The summed E-state index contributed by atoms with van der Waals surface area (Å²) in [5.74, 6) is 0. The first-order valence-corrected chi connectivity index (χ1v) is 12.6. The molecule has 0 saturated carbocycles. The SMILES string of the molecule is CCCC[P+](CCCC)(CCCC)CCCC.[O-]C(C(F)(F)F)C(F)(F)F. The molecule has 0 saturated heterocycles. The van der Waals surface area contributed by atoms with Gasteiger partial charge in [0.15, 0.2) is 0 Å². The van der Waals surface area contributed by atoms with Crippen molar-refractivity contribution in [2.24, 2.45) is 0 Å². The predicted molar refractivity (Wildman–Crippen MR) is 102 cm³/mol. The Morgan fingerprint density at radius 1 is 0.593 bits per heavy atom. The molecule has 0 fully saturated rings. The van der Waals surface area contributed by atoms with Crippen molar-refractivity contribution in [3.05, 3.63) is 0 Å². The molecular formula is C19H37F6OP. The first-order valence-electron chi connectivity index (χ1n) is 10.0. The van der Waals surface area contributed by atoms with E-state index in [-0.39, 0.29) is 0 Å². The van der Waals surface area contributed by atoms with Gasteiger partial charge >= 0.3 is 12.4 Å². The summed E-state index contributed by atoms with van der Waals surface area (Å²) in [6, 6.07) is 0. The Hall–Kier alpha value is -0.0300. The van der Waals surface area contributed by atoms with Gasteiger partial charge in [0.1, 0.15) is 0 Å². The summed E-state index contributed by atoms with van der Waals surface area (Å²) in [7, 11) is -0.562. The van der Waals surface area contributed by atoms with Gasteiger partial charge in [0.25, 0.3) is 0 Å². The monoisotopic (exact) mass is 426 g/mol. The first-order chi connectivity index (χ1) is 12.4. The van der Waals surface area contributed by atoms with Crippen molar-refractivity contribution >= 4 is 7.26 Å². The molecule has 1 nitrogen and oxygen atoms in total. The zero-order valence-electron chi connectivity index (χ0n) is 17.2. The second kappa shape index (κ2) is 14.9. The van der Waals surface area contributed by atoms with Crippen LogP contribution in [-0.2, 0) is 0 Å². The molecule has 0 aromatic carbocycles. The third-order valence-electron chi connectivity index (χ3n) is 4.54. The van der Waals surface area contributed by atoms with Gasteiger partial charge in [-0.1, -0.05) is 53.4 Å². The summed E-state index contributed by atoms with van der Waals surface area (Å²) in [6.07, 6.45) is 1.98. The van der Waals surface area contributed by atoms with Crippen molar-refractivity contribution in [2.75, 3.05) is 24.6 Å². The molecule has 0 rings (SSSR count). The van der Waals surface area contributed by atoms with E-state index in [1.165, 1.54) is 51.4 Å². The summed E-state index contributed by atoms with van der Waals surface area (Å²) < 4.78 is 65.5. The Morgan fingerprint density at radius 2 is 0.815 bits per heavy atom. The molecule has 166 valence electrons. The van der Waals surface area contributed by atoms with E-state index in [1.54, 1.807) is 24.6 Å². The van der Waals surface area contributed by atoms with Gasteiger partial charge < -0.3 is 5.11 Å². The highest BCUT2D eigenvalue weighted by Gasteiger charge is 2.48. The molecule has 0 bridgehead atoms. The lowest BCUT2D eigenvalue weighted by Gasteiger charge is -2.28. The van der Waals surface area contributed by atoms with Crippen molar-refractivity contribution in [3.63, 3.8) is 0 Å². The fraction of sp³-hybridized carbons (Fsp3) is 1.00. The molecule has 0 unspecified atom stereocenters. The third kappa shape index (κ3) is 14.6. The van der Waals surface area contributed by atoms with Crippen LogP contribution in [-0.4, -0.2) is 43.1 Å². The Bertz CT molecular complexity index is 293. The first kappa shape index (κ1) is 29.2. The average Bonchev–Trinajstić information content (AvgIpc) is 2.59. The molecule has 0 heterocycles. The van der Waals surface area contributed by atoms with Crippen molar-refractivity contribution in [1.29, 1.82) is 0 Å². The van der Waals surface area contributed by atoms with Crippen LogP contribution in [0.5, 0.6) is 0 Å². The van der Waals surface area contributed by atoms with Gasteiger partial charge in [-0.15, -0.1) is 0 Å². The van der Waals surface area contributed by atoms with Crippen LogP contribution < -0.4 is 5.11 Å². The normalized spacial score (nSPS) is 12.9. The molecule has 0 N–H and O–H groups in total. The van der Waals surface area contributed by atoms with Crippen molar-refractivity contribution in [2.45, 2.75) is 97.5 Å². The zero-order valence-corrected chi connectivity index (χ0v) is 18.1. The molecular weight excluding hydrogens is 389 g/mol. The van der Waals surface area contributed by atoms with E-state index in [0.717, 1.165) is 0 Å². The number of rotatable bonds is 12. The van der Waals surface area contributed by atoms with Gasteiger partial charge in [-0.05, 0) is 25.7 Å². The standard InChI is InChI=1S/C16H36P.C3HF6O/c1-5-9-13-17(14-10-6-2,15-11-7-3)16-12-8-4;4-2(5,6)1(10)3(7,8)9/h5-16H2,1-4H3;1H/q+1;-1. The summed E-state index contributed by atoms with van der Waals surface area (Å²) >= 11 is 0. The quantitative estimate of drug-likeness (QED) is 0.242. The van der Waals surface area contributed by atoms with Gasteiger partial charge in [-0.3, -0.25) is 0 Å². The Morgan fingerprint density at radius 3 is 0.926 bits per heavy atom. The highest BCUT2D eigenvalue weighted by Crippen LogP contribution is 2.61. The minimum absolute atomic E-state index is 0.562. The molecule has 0 aromatic rings. The minimum atomic E-state index is -5.74. The maximum absolute atomic E-state index is 10.9. The van der Waals surface area contributed by atoms with E-state index in [1.807, 2.05) is 0 Å². The topological polar surface area (TPSA) is 23.1 Å². The van der Waals surface area contributed by atoms with Gasteiger partial charge in [0.05, 0.1) is 30.8 Å². The molecule has 27 heavy (non-hydrogen) atoms. The number of halogens is 6. The number of hydrogen-bond acceptors (Lipinski definition) is 1. The average molecular weight is 426 g/mol. The third-order valence-corrected chi connectivity index (χ3v) is 9.60. The number of unbranched alkanes of at least 4 members (excludes halogenated alkanes) is 4. The molecule has 8 heteroatoms. The number of hydrogen-bond donors (Lipinski definition) is 0. The van der Waals surface area contributed by atoms with Gasteiger partial charge in [-0.2, -0.15) is 26.3 Å². The second-order valence-electron chi connectivity index (χ2n) is 7.11. The van der Waals surface area contributed by atoms with Crippen molar-refractivity contribution in [3.8, 4) is 0 Å². The Kier molecular flexibility index (Phi) is 16.1.